The second-order valence-electron chi connectivity index (χ2n) is 4.36. The first-order valence-electron chi connectivity index (χ1n) is 5.14. The fourth-order valence-electron chi connectivity index (χ4n) is 1.70. The largest absolute Gasteiger partial charge is 0.174 e. The summed E-state index contributed by atoms with van der Waals surface area (Å²) in [5.74, 6) is 0. The summed E-state index contributed by atoms with van der Waals surface area (Å²) in [5.41, 5.74) is 2.18. The first-order chi connectivity index (χ1) is 7.10. The van der Waals surface area contributed by atoms with E-state index >= 15 is 0 Å². The van der Waals surface area contributed by atoms with Crippen LogP contribution in [0.3, 0.4) is 0 Å². The Morgan fingerprint density at radius 1 is 1.00 bits per heavy atom. The van der Waals surface area contributed by atoms with Gasteiger partial charge in [0.05, 0.1) is 5.70 Å². The van der Waals surface area contributed by atoms with Gasteiger partial charge in [-0.1, -0.05) is 44.2 Å². The van der Waals surface area contributed by atoms with Crippen LogP contribution in [0.5, 0.6) is 0 Å². The van der Waals surface area contributed by atoms with Crippen LogP contribution in [0.25, 0.3) is 0 Å². The van der Waals surface area contributed by atoms with Crippen LogP contribution in [0.4, 0.5) is 0 Å². The van der Waals surface area contributed by atoms with E-state index in [1.165, 1.54) is 5.56 Å². The predicted molar refractivity (Wildman–Crippen MR) is 61.3 cm³/mol. The number of azo groups is 1. The minimum Gasteiger partial charge on any atom is -0.174 e. The minimum atomic E-state index is -0.0669. The van der Waals surface area contributed by atoms with Gasteiger partial charge in [-0.3, -0.25) is 0 Å². The molecule has 1 aliphatic heterocycles. The Bertz CT molecular complexity index is 402. The predicted octanol–water partition coefficient (Wildman–Crippen LogP) is 3.87. The molecule has 1 aromatic carbocycles. The van der Waals surface area contributed by atoms with Crippen molar-refractivity contribution in [3.8, 4) is 0 Å². The van der Waals surface area contributed by atoms with E-state index in [9.17, 15) is 0 Å². The molecule has 0 amide bonds. The highest BCUT2D eigenvalue weighted by molar-refractivity contribution is 5.37. The first kappa shape index (κ1) is 10.1. The standard InChI is InChI=1S/C13H15N2/c1-10-9-12(15-14-10)13(2,3)11-7-5-4-6-8-11/h4-9H,1-3H3. The zero-order chi connectivity index (χ0) is 10.9. The summed E-state index contributed by atoms with van der Waals surface area (Å²) in [5, 5.41) is 8.27. The van der Waals surface area contributed by atoms with Gasteiger partial charge < -0.3 is 0 Å². The monoisotopic (exact) mass is 199 g/mol. The fraction of sp³-hybridized carbons (Fsp3) is 0.308. The topological polar surface area (TPSA) is 24.7 Å². The summed E-state index contributed by atoms with van der Waals surface area (Å²) in [7, 11) is 0. The Morgan fingerprint density at radius 2 is 1.67 bits per heavy atom. The molecular formula is C13H15N2. The van der Waals surface area contributed by atoms with Gasteiger partial charge in [0.15, 0.2) is 0 Å². The maximum absolute atomic E-state index is 4.21. The quantitative estimate of drug-likeness (QED) is 0.690. The number of hydrogen-bond donors (Lipinski definition) is 0. The van der Waals surface area contributed by atoms with E-state index in [2.05, 4.69) is 48.3 Å². The summed E-state index contributed by atoms with van der Waals surface area (Å²) in [6.45, 7) is 6.31. The van der Waals surface area contributed by atoms with Crippen LogP contribution in [0.15, 0.2) is 52.3 Å². The van der Waals surface area contributed by atoms with Crippen molar-refractivity contribution in [2.45, 2.75) is 26.2 Å². The molecule has 0 aromatic heterocycles. The van der Waals surface area contributed by atoms with Gasteiger partial charge in [0.25, 0.3) is 0 Å². The lowest BCUT2D eigenvalue weighted by Gasteiger charge is -2.26. The van der Waals surface area contributed by atoms with Gasteiger partial charge >= 0.3 is 0 Å². The maximum Gasteiger partial charge on any atom is 0.142 e. The van der Waals surface area contributed by atoms with Crippen LogP contribution < -0.4 is 0 Å². The van der Waals surface area contributed by atoms with E-state index in [0.29, 0.717) is 0 Å². The molecule has 2 heteroatoms. The lowest BCUT2D eigenvalue weighted by Crippen LogP contribution is -2.23. The van der Waals surface area contributed by atoms with Crippen molar-refractivity contribution in [1.82, 2.24) is 0 Å². The van der Waals surface area contributed by atoms with Gasteiger partial charge in [-0.25, -0.2) is 0 Å². The number of allylic oxidation sites excluding steroid dienone is 1. The van der Waals surface area contributed by atoms with E-state index < -0.39 is 0 Å². The highest BCUT2D eigenvalue weighted by Gasteiger charge is 2.33. The number of hydrogen-bond acceptors (Lipinski definition) is 2. The van der Waals surface area contributed by atoms with E-state index in [1.54, 1.807) is 0 Å². The van der Waals surface area contributed by atoms with Crippen LogP contribution >= 0.6 is 0 Å². The van der Waals surface area contributed by atoms with Crippen LogP contribution in [-0.2, 0) is 5.41 Å². The lowest BCUT2D eigenvalue weighted by molar-refractivity contribution is 0.557. The molecule has 0 atom stereocenters. The third-order valence-electron chi connectivity index (χ3n) is 2.80. The third-order valence-corrected chi connectivity index (χ3v) is 2.80. The molecule has 2 nitrogen and oxygen atoms in total. The van der Waals surface area contributed by atoms with Crippen LogP contribution in [0, 0.1) is 6.04 Å². The molecule has 1 radical (unpaired) electrons. The second-order valence-corrected chi connectivity index (χ2v) is 4.36. The molecular weight excluding hydrogens is 184 g/mol. The van der Waals surface area contributed by atoms with E-state index in [1.807, 2.05) is 19.1 Å². The Hall–Kier alpha value is -1.44. The summed E-state index contributed by atoms with van der Waals surface area (Å²) in [4.78, 5) is 0. The fourth-order valence-corrected chi connectivity index (χ4v) is 1.70. The summed E-state index contributed by atoms with van der Waals surface area (Å²) in [6, 6.07) is 11.4. The lowest BCUT2D eigenvalue weighted by atomic mass is 9.78. The Kier molecular flexibility index (Phi) is 2.43. The van der Waals surface area contributed by atoms with Crippen LogP contribution in [0.2, 0.25) is 0 Å². The van der Waals surface area contributed by atoms with E-state index in [-0.39, 0.29) is 5.41 Å². The molecule has 0 saturated heterocycles. The molecule has 2 rings (SSSR count). The number of rotatable bonds is 2. The molecule has 0 saturated carbocycles. The molecule has 77 valence electrons. The highest BCUT2D eigenvalue weighted by Crippen LogP contribution is 2.38. The van der Waals surface area contributed by atoms with Crippen molar-refractivity contribution in [2.75, 3.05) is 0 Å². The van der Waals surface area contributed by atoms with Gasteiger partial charge in [0, 0.05) is 5.41 Å². The average Bonchev–Trinajstić information content (AvgIpc) is 2.67. The second kappa shape index (κ2) is 3.61. The van der Waals surface area contributed by atoms with Crippen molar-refractivity contribution >= 4 is 0 Å². The van der Waals surface area contributed by atoms with Crippen LogP contribution in [0.1, 0.15) is 26.3 Å². The molecule has 1 aromatic rings. The Labute approximate surface area is 90.7 Å². The van der Waals surface area contributed by atoms with Crippen molar-refractivity contribution in [3.63, 3.8) is 0 Å². The maximum atomic E-state index is 4.21. The SMILES string of the molecule is CC1=C[C](C(C)(C)c2ccccc2)N=N1. The Morgan fingerprint density at radius 3 is 2.20 bits per heavy atom. The molecule has 0 fully saturated rings. The zero-order valence-corrected chi connectivity index (χ0v) is 9.36. The minimum absolute atomic E-state index is 0.0669. The molecule has 0 aliphatic carbocycles. The molecule has 15 heavy (non-hydrogen) atoms. The van der Waals surface area contributed by atoms with Crippen molar-refractivity contribution in [2.24, 2.45) is 10.2 Å². The van der Waals surface area contributed by atoms with Crippen LogP contribution in [-0.4, -0.2) is 0 Å². The van der Waals surface area contributed by atoms with Crippen molar-refractivity contribution in [1.29, 1.82) is 0 Å². The van der Waals surface area contributed by atoms with Gasteiger partial charge in [0.2, 0.25) is 0 Å². The highest BCUT2D eigenvalue weighted by atomic mass is 15.2. The normalized spacial score (nSPS) is 16.9. The van der Waals surface area contributed by atoms with Gasteiger partial charge in [-0.15, -0.1) is 0 Å². The number of benzene rings is 1. The third kappa shape index (κ3) is 1.84. The van der Waals surface area contributed by atoms with E-state index in [0.717, 1.165) is 11.7 Å². The molecule has 0 N–H and O–H groups in total. The zero-order valence-electron chi connectivity index (χ0n) is 9.36. The Balaban J connectivity index is 2.32. The van der Waals surface area contributed by atoms with Gasteiger partial charge in [-0.2, -0.15) is 10.2 Å². The molecule has 1 heterocycles. The number of nitrogens with zero attached hydrogens (tertiary/aromatic N) is 2. The van der Waals surface area contributed by atoms with Crippen molar-refractivity contribution in [3.05, 3.63) is 53.7 Å². The van der Waals surface area contributed by atoms with Gasteiger partial charge in [-0.05, 0) is 18.6 Å². The molecule has 0 spiro atoms. The molecule has 0 bridgehead atoms. The molecule has 0 unspecified atom stereocenters. The smallest absolute Gasteiger partial charge is 0.142 e. The van der Waals surface area contributed by atoms with Crippen molar-refractivity contribution < 1.29 is 0 Å². The molecule has 1 aliphatic rings. The average molecular weight is 199 g/mol. The summed E-state index contributed by atoms with van der Waals surface area (Å²) < 4.78 is 0. The first-order valence-corrected chi connectivity index (χ1v) is 5.14. The van der Waals surface area contributed by atoms with Gasteiger partial charge in [0.1, 0.15) is 6.04 Å². The summed E-state index contributed by atoms with van der Waals surface area (Å²) in [6.07, 6.45) is 2.05. The summed E-state index contributed by atoms with van der Waals surface area (Å²) >= 11 is 0. The van der Waals surface area contributed by atoms with E-state index in [4.69, 9.17) is 0 Å².